The summed E-state index contributed by atoms with van der Waals surface area (Å²) in [5.41, 5.74) is 0. The van der Waals surface area contributed by atoms with Gasteiger partial charge in [-0.05, 0) is 51.1 Å². The van der Waals surface area contributed by atoms with Gasteiger partial charge >= 0.3 is 0 Å². The van der Waals surface area contributed by atoms with Gasteiger partial charge in [-0.1, -0.05) is 0 Å². The Hall–Kier alpha value is -0.810. The van der Waals surface area contributed by atoms with Gasteiger partial charge in [0.05, 0.1) is 6.54 Å². The van der Waals surface area contributed by atoms with E-state index >= 15 is 0 Å². The summed E-state index contributed by atoms with van der Waals surface area (Å²) in [6, 6.07) is 0. The van der Waals surface area contributed by atoms with E-state index in [9.17, 15) is 9.59 Å². The van der Waals surface area contributed by atoms with Gasteiger partial charge < -0.3 is 15.5 Å². The Kier molecular flexibility index (Phi) is 7.92. The Labute approximate surface area is 127 Å². The Balaban J connectivity index is 0.00000200. The molecule has 0 spiro atoms. The zero-order valence-electron chi connectivity index (χ0n) is 12.0. The van der Waals surface area contributed by atoms with Crippen molar-refractivity contribution in [1.82, 2.24) is 15.5 Å². The van der Waals surface area contributed by atoms with Gasteiger partial charge in [-0.2, -0.15) is 0 Å². The summed E-state index contributed by atoms with van der Waals surface area (Å²) in [5.74, 6) is 0.794. The molecule has 0 aromatic carbocycles. The highest BCUT2D eigenvalue weighted by molar-refractivity contribution is 5.85. The maximum absolute atomic E-state index is 11.8. The number of halogens is 1. The highest BCUT2D eigenvalue weighted by Crippen LogP contribution is 2.13. The lowest BCUT2D eigenvalue weighted by Gasteiger charge is -2.26. The third-order valence-corrected chi connectivity index (χ3v) is 4.03. The molecule has 6 heteroatoms. The number of hydrogen-bond acceptors (Lipinski definition) is 3. The Morgan fingerprint density at radius 3 is 2.90 bits per heavy atom. The summed E-state index contributed by atoms with van der Waals surface area (Å²) in [6.07, 6.45) is 6.11. The largest absolute Gasteiger partial charge is 0.355 e. The summed E-state index contributed by atoms with van der Waals surface area (Å²) in [4.78, 5) is 25.0. The molecular weight excluding hydrogens is 278 g/mol. The minimum Gasteiger partial charge on any atom is -0.355 e. The van der Waals surface area contributed by atoms with Crippen molar-refractivity contribution in [3.8, 4) is 0 Å². The first kappa shape index (κ1) is 17.2. The van der Waals surface area contributed by atoms with Crippen LogP contribution in [0.4, 0.5) is 0 Å². The second kappa shape index (κ2) is 9.19. The van der Waals surface area contributed by atoms with E-state index < -0.39 is 0 Å². The molecule has 2 saturated heterocycles. The van der Waals surface area contributed by atoms with Gasteiger partial charge in [-0.3, -0.25) is 9.59 Å². The molecule has 1 unspecified atom stereocenters. The smallest absolute Gasteiger partial charge is 0.239 e. The van der Waals surface area contributed by atoms with E-state index in [1.54, 1.807) is 4.90 Å². The molecule has 0 saturated carbocycles. The van der Waals surface area contributed by atoms with Crippen LogP contribution in [0.2, 0.25) is 0 Å². The number of rotatable bonds is 5. The average molecular weight is 304 g/mol. The molecule has 2 N–H and O–H groups in total. The zero-order valence-corrected chi connectivity index (χ0v) is 12.8. The van der Waals surface area contributed by atoms with Crippen LogP contribution < -0.4 is 10.6 Å². The van der Waals surface area contributed by atoms with Gasteiger partial charge in [0.1, 0.15) is 0 Å². The van der Waals surface area contributed by atoms with E-state index in [1.165, 1.54) is 12.8 Å². The number of nitrogens with zero attached hydrogens (tertiary/aromatic N) is 1. The van der Waals surface area contributed by atoms with Crippen LogP contribution in [0.5, 0.6) is 0 Å². The highest BCUT2D eigenvalue weighted by Gasteiger charge is 2.20. The average Bonchev–Trinajstić information content (AvgIpc) is 2.43. The first-order chi connectivity index (χ1) is 9.25. The minimum absolute atomic E-state index is 0. The first-order valence-electron chi connectivity index (χ1n) is 7.51. The summed E-state index contributed by atoms with van der Waals surface area (Å²) in [5, 5.41) is 6.32. The fourth-order valence-electron chi connectivity index (χ4n) is 2.84. The van der Waals surface area contributed by atoms with E-state index in [0.29, 0.717) is 12.3 Å². The van der Waals surface area contributed by atoms with E-state index in [-0.39, 0.29) is 30.8 Å². The van der Waals surface area contributed by atoms with Gasteiger partial charge in [-0.15, -0.1) is 12.4 Å². The predicted molar refractivity (Wildman–Crippen MR) is 80.9 cm³/mol. The molecule has 116 valence electrons. The fraction of sp³-hybridized carbons (Fsp3) is 0.857. The molecule has 2 heterocycles. The highest BCUT2D eigenvalue weighted by atomic mass is 35.5. The molecule has 0 bridgehead atoms. The van der Waals surface area contributed by atoms with E-state index in [0.717, 1.165) is 45.4 Å². The lowest BCUT2D eigenvalue weighted by molar-refractivity contribution is -0.137. The zero-order chi connectivity index (χ0) is 13.5. The maximum atomic E-state index is 11.8. The number of carbonyl (C=O) groups is 2. The number of amides is 2. The van der Waals surface area contributed by atoms with Gasteiger partial charge in [0.25, 0.3) is 0 Å². The third-order valence-electron chi connectivity index (χ3n) is 4.03. The van der Waals surface area contributed by atoms with Crippen LogP contribution in [0.15, 0.2) is 0 Å². The first-order valence-corrected chi connectivity index (χ1v) is 7.51. The molecule has 0 aromatic heterocycles. The molecule has 0 aliphatic carbocycles. The van der Waals surface area contributed by atoms with Crippen LogP contribution in [0.1, 0.15) is 38.5 Å². The molecule has 2 aliphatic rings. The molecule has 2 fully saturated rings. The van der Waals surface area contributed by atoms with E-state index in [2.05, 4.69) is 10.6 Å². The van der Waals surface area contributed by atoms with Crippen molar-refractivity contribution in [3.63, 3.8) is 0 Å². The molecular formula is C14H26ClN3O2. The lowest BCUT2D eigenvalue weighted by atomic mass is 9.96. The molecule has 5 nitrogen and oxygen atoms in total. The Morgan fingerprint density at radius 1 is 1.35 bits per heavy atom. The van der Waals surface area contributed by atoms with Gasteiger partial charge in [0.15, 0.2) is 0 Å². The quantitative estimate of drug-likeness (QED) is 0.794. The van der Waals surface area contributed by atoms with Crippen molar-refractivity contribution in [1.29, 1.82) is 0 Å². The number of nitrogens with one attached hydrogen (secondary N) is 2. The lowest BCUT2D eigenvalue weighted by Crippen LogP contribution is -2.43. The normalized spacial score (nSPS) is 23.1. The maximum Gasteiger partial charge on any atom is 0.239 e. The summed E-state index contributed by atoms with van der Waals surface area (Å²) < 4.78 is 0. The topological polar surface area (TPSA) is 61.4 Å². The second-order valence-corrected chi connectivity index (χ2v) is 5.62. The van der Waals surface area contributed by atoms with Crippen molar-refractivity contribution in [3.05, 3.63) is 0 Å². The standard InChI is InChI=1S/C14H25N3O2.ClH/c18-13(11-17-9-2-1-5-14(17)19)16-8-6-12-4-3-7-15-10-12;/h12,15H,1-11H2,(H,16,18);1H. The summed E-state index contributed by atoms with van der Waals surface area (Å²) in [7, 11) is 0. The summed E-state index contributed by atoms with van der Waals surface area (Å²) in [6.45, 7) is 3.90. The molecule has 2 aliphatic heterocycles. The number of piperidine rings is 2. The van der Waals surface area contributed by atoms with E-state index in [1.807, 2.05) is 0 Å². The van der Waals surface area contributed by atoms with Gasteiger partial charge in [-0.25, -0.2) is 0 Å². The van der Waals surface area contributed by atoms with Crippen LogP contribution in [0.3, 0.4) is 0 Å². The van der Waals surface area contributed by atoms with Crippen molar-refractivity contribution in [2.75, 3.05) is 32.7 Å². The predicted octanol–water partition coefficient (Wildman–Crippen LogP) is 0.927. The number of likely N-dealkylation sites (tertiary alicyclic amines) is 1. The van der Waals surface area contributed by atoms with Crippen LogP contribution in [-0.2, 0) is 9.59 Å². The molecule has 0 radical (unpaired) electrons. The minimum atomic E-state index is -0.0148. The van der Waals surface area contributed by atoms with Crippen molar-refractivity contribution < 1.29 is 9.59 Å². The third kappa shape index (κ3) is 5.67. The van der Waals surface area contributed by atoms with Gasteiger partial charge in [0, 0.05) is 19.5 Å². The molecule has 2 rings (SSSR count). The van der Waals surface area contributed by atoms with Crippen LogP contribution >= 0.6 is 12.4 Å². The SMILES string of the molecule is Cl.O=C(CN1CCCCC1=O)NCCC1CCCNC1. The Bertz CT molecular complexity index is 320. The van der Waals surface area contributed by atoms with E-state index in [4.69, 9.17) is 0 Å². The van der Waals surface area contributed by atoms with Crippen molar-refractivity contribution in [2.45, 2.75) is 38.5 Å². The molecule has 20 heavy (non-hydrogen) atoms. The van der Waals surface area contributed by atoms with Crippen molar-refractivity contribution in [2.24, 2.45) is 5.92 Å². The van der Waals surface area contributed by atoms with Crippen LogP contribution in [0, 0.1) is 5.92 Å². The van der Waals surface area contributed by atoms with Crippen LogP contribution in [0.25, 0.3) is 0 Å². The summed E-state index contributed by atoms with van der Waals surface area (Å²) >= 11 is 0. The molecule has 0 aromatic rings. The number of hydrogen-bond donors (Lipinski definition) is 2. The molecule has 1 atom stereocenters. The van der Waals surface area contributed by atoms with Crippen molar-refractivity contribution >= 4 is 24.2 Å². The van der Waals surface area contributed by atoms with Gasteiger partial charge in [0.2, 0.25) is 11.8 Å². The molecule has 2 amide bonds. The van der Waals surface area contributed by atoms with Crippen LogP contribution in [-0.4, -0.2) is 49.4 Å². The monoisotopic (exact) mass is 303 g/mol. The second-order valence-electron chi connectivity index (χ2n) is 5.62. The number of carbonyl (C=O) groups excluding carboxylic acids is 2. The fourth-order valence-corrected chi connectivity index (χ4v) is 2.84. The Morgan fingerprint density at radius 2 is 2.20 bits per heavy atom.